The van der Waals surface area contributed by atoms with Crippen LogP contribution in [0.3, 0.4) is 0 Å². The number of anilines is 1. The van der Waals surface area contributed by atoms with E-state index >= 15 is 0 Å². The van der Waals surface area contributed by atoms with Crippen molar-refractivity contribution in [3.8, 4) is 5.75 Å². The molecule has 1 rings (SSSR count). The number of hydrogen-bond donors (Lipinski definition) is 3. The number of carbonyl (C=O) groups is 1. The molecule has 0 aromatic heterocycles. The van der Waals surface area contributed by atoms with Crippen LogP contribution in [0, 0.1) is 12.8 Å². The molecular weight excluding hydrogens is 313 g/mol. The normalized spacial score (nSPS) is 14.0. The Morgan fingerprint density at radius 3 is 2.57 bits per heavy atom. The minimum Gasteiger partial charge on any atom is -0.482 e. The molecule has 0 unspecified atom stereocenters. The SMILES string of the molecule is Cc1ccc(NC(=O)N[C@H](C)[C@H](C)CO)c(OCC(F)(F)F)c1. The summed E-state index contributed by atoms with van der Waals surface area (Å²) in [5, 5.41) is 14.1. The van der Waals surface area contributed by atoms with Crippen LogP contribution in [0.2, 0.25) is 0 Å². The number of halogens is 3. The van der Waals surface area contributed by atoms with Crippen molar-refractivity contribution in [2.45, 2.75) is 33.0 Å². The van der Waals surface area contributed by atoms with Crippen LogP contribution in [0.5, 0.6) is 5.75 Å². The van der Waals surface area contributed by atoms with E-state index in [4.69, 9.17) is 9.84 Å². The Bertz CT molecular complexity index is 535. The highest BCUT2D eigenvalue weighted by Gasteiger charge is 2.29. The highest BCUT2D eigenvalue weighted by molar-refractivity contribution is 5.91. The summed E-state index contributed by atoms with van der Waals surface area (Å²) in [5.41, 5.74) is 0.844. The van der Waals surface area contributed by atoms with Gasteiger partial charge >= 0.3 is 12.2 Å². The lowest BCUT2D eigenvalue weighted by atomic mass is 10.1. The molecule has 2 atom stereocenters. The summed E-state index contributed by atoms with van der Waals surface area (Å²) in [5.74, 6) is -0.208. The summed E-state index contributed by atoms with van der Waals surface area (Å²) in [6.07, 6.45) is -4.46. The van der Waals surface area contributed by atoms with Gasteiger partial charge in [0.1, 0.15) is 5.75 Å². The molecule has 130 valence electrons. The summed E-state index contributed by atoms with van der Waals surface area (Å²) < 4.78 is 41.6. The first-order valence-electron chi connectivity index (χ1n) is 7.11. The molecule has 1 aromatic rings. The van der Waals surface area contributed by atoms with Crippen LogP contribution in [0.1, 0.15) is 19.4 Å². The van der Waals surface area contributed by atoms with Gasteiger partial charge in [0.2, 0.25) is 0 Å². The molecule has 0 saturated carbocycles. The summed E-state index contributed by atoms with van der Waals surface area (Å²) in [4.78, 5) is 11.9. The van der Waals surface area contributed by atoms with Crippen molar-refractivity contribution in [2.75, 3.05) is 18.5 Å². The van der Waals surface area contributed by atoms with Crippen molar-refractivity contribution < 1.29 is 27.8 Å². The molecule has 0 saturated heterocycles. The molecule has 1 aromatic carbocycles. The fourth-order valence-electron chi connectivity index (χ4n) is 1.68. The molecule has 0 spiro atoms. The second kappa shape index (κ2) is 8.05. The monoisotopic (exact) mass is 334 g/mol. The highest BCUT2D eigenvalue weighted by Crippen LogP contribution is 2.27. The fourth-order valence-corrected chi connectivity index (χ4v) is 1.68. The number of aliphatic hydroxyl groups is 1. The maximum Gasteiger partial charge on any atom is 0.422 e. The molecule has 0 heterocycles. The van der Waals surface area contributed by atoms with E-state index in [9.17, 15) is 18.0 Å². The number of benzene rings is 1. The second-order valence-corrected chi connectivity index (χ2v) is 5.45. The number of carbonyl (C=O) groups excluding carboxylic acids is 1. The molecule has 5 nitrogen and oxygen atoms in total. The molecule has 2 amide bonds. The zero-order chi connectivity index (χ0) is 17.6. The van der Waals surface area contributed by atoms with Gasteiger partial charge in [-0.3, -0.25) is 0 Å². The number of ether oxygens (including phenoxy) is 1. The van der Waals surface area contributed by atoms with Crippen LogP contribution >= 0.6 is 0 Å². The molecular formula is C15H21F3N2O3. The van der Waals surface area contributed by atoms with Crippen molar-refractivity contribution in [1.29, 1.82) is 0 Å². The van der Waals surface area contributed by atoms with E-state index in [0.717, 1.165) is 0 Å². The minimum atomic E-state index is -4.46. The smallest absolute Gasteiger partial charge is 0.422 e. The van der Waals surface area contributed by atoms with Crippen molar-refractivity contribution in [3.63, 3.8) is 0 Å². The van der Waals surface area contributed by atoms with E-state index in [2.05, 4.69) is 10.6 Å². The Hall–Kier alpha value is -1.96. The van der Waals surface area contributed by atoms with Crippen LogP contribution in [-0.2, 0) is 0 Å². The van der Waals surface area contributed by atoms with Gasteiger partial charge in [-0.15, -0.1) is 0 Å². The third-order valence-electron chi connectivity index (χ3n) is 3.28. The number of urea groups is 1. The molecule has 0 aliphatic carbocycles. The Morgan fingerprint density at radius 1 is 1.35 bits per heavy atom. The number of hydrogen-bond acceptors (Lipinski definition) is 3. The molecule has 0 fully saturated rings. The van der Waals surface area contributed by atoms with Gasteiger partial charge in [0.15, 0.2) is 6.61 Å². The molecule has 0 aliphatic heterocycles. The summed E-state index contributed by atoms with van der Waals surface area (Å²) >= 11 is 0. The highest BCUT2D eigenvalue weighted by atomic mass is 19.4. The lowest BCUT2D eigenvalue weighted by Gasteiger charge is -2.20. The molecule has 8 heteroatoms. The van der Waals surface area contributed by atoms with E-state index in [1.54, 1.807) is 26.8 Å². The van der Waals surface area contributed by atoms with Crippen molar-refractivity contribution in [1.82, 2.24) is 5.32 Å². The first kappa shape index (κ1) is 19.1. The van der Waals surface area contributed by atoms with Crippen LogP contribution in [-0.4, -0.2) is 36.6 Å². The van der Waals surface area contributed by atoms with Gasteiger partial charge in [-0.05, 0) is 37.5 Å². The zero-order valence-corrected chi connectivity index (χ0v) is 13.2. The van der Waals surface area contributed by atoms with Crippen molar-refractivity contribution in [2.24, 2.45) is 5.92 Å². The molecule has 0 bridgehead atoms. The Kier molecular flexibility index (Phi) is 6.68. The van der Waals surface area contributed by atoms with Crippen LogP contribution in [0.4, 0.5) is 23.7 Å². The van der Waals surface area contributed by atoms with E-state index in [0.29, 0.717) is 5.56 Å². The summed E-state index contributed by atoms with van der Waals surface area (Å²) in [6, 6.07) is 3.65. The van der Waals surface area contributed by atoms with Gasteiger partial charge in [-0.25, -0.2) is 4.79 Å². The van der Waals surface area contributed by atoms with E-state index in [-0.39, 0.29) is 30.0 Å². The Labute approximate surface area is 132 Å². The van der Waals surface area contributed by atoms with Gasteiger partial charge in [0, 0.05) is 12.6 Å². The zero-order valence-electron chi connectivity index (χ0n) is 13.2. The number of aryl methyl sites for hydroxylation is 1. The minimum absolute atomic E-state index is 0.0552. The van der Waals surface area contributed by atoms with Gasteiger partial charge in [0.25, 0.3) is 0 Å². The largest absolute Gasteiger partial charge is 0.482 e. The first-order chi connectivity index (χ1) is 10.6. The number of aliphatic hydroxyl groups excluding tert-OH is 1. The standard InChI is InChI=1S/C15H21F3N2O3/c1-9-4-5-12(13(6-9)23-8-15(16,17)18)20-14(22)19-11(3)10(2)7-21/h4-6,10-11,21H,7-8H2,1-3H3,(H2,19,20,22)/t10-,11-/m1/s1. The quantitative estimate of drug-likeness (QED) is 0.749. The number of rotatable bonds is 6. The predicted molar refractivity (Wildman–Crippen MR) is 80.6 cm³/mol. The van der Waals surface area contributed by atoms with Gasteiger partial charge < -0.3 is 20.5 Å². The van der Waals surface area contributed by atoms with Crippen molar-refractivity contribution in [3.05, 3.63) is 23.8 Å². The van der Waals surface area contributed by atoms with E-state index in [1.165, 1.54) is 12.1 Å². The van der Waals surface area contributed by atoms with E-state index < -0.39 is 18.8 Å². The van der Waals surface area contributed by atoms with Crippen LogP contribution in [0.25, 0.3) is 0 Å². The molecule has 0 aliphatic rings. The third kappa shape index (κ3) is 6.77. The van der Waals surface area contributed by atoms with Crippen LogP contribution in [0.15, 0.2) is 18.2 Å². The number of nitrogens with one attached hydrogen (secondary N) is 2. The third-order valence-corrected chi connectivity index (χ3v) is 3.28. The van der Waals surface area contributed by atoms with Gasteiger partial charge in [0.05, 0.1) is 5.69 Å². The first-order valence-corrected chi connectivity index (χ1v) is 7.11. The summed E-state index contributed by atoms with van der Waals surface area (Å²) in [6.45, 7) is 3.65. The van der Waals surface area contributed by atoms with Crippen LogP contribution < -0.4 is 15.4 Å². The van der Waals surface area contributed by atoms with Crippen molar-refractivity contribution >= 4 is 11.7 Å². The van der Waals surface area contributed by atoms with Gasteiger partial charge in [-0.1, -0.05) is 13.0 Å². The lowest BCUT2D eigenvalue weighted by molar-refractivity contribution is -0.153. The van der Waals surface area contributed by atoms with Gasteiger partial charge in [-0.2, -0.15) is 13.2 Å². The number of amides is 2. The lowest BCUT2D eigenvalue weighted by Crippen LogP contribution is -2.40. The average molecular weight is 334 g/mol. The number of alkyl halides is 3. The maximum atomic E-state index is 12.3. The van der Waals surface area contributed by atoms with E-state index in [1.807, 2.05) is 0 Å². The predicted octanol–water partition coefficient (Wildman–Crippen LogP) is 3.07. The molecule has 3 N–H and O–H groups in total. The topological polar surface area (TPSA) is 70.6 Å². The Morgan fingerprint density at radius 2 is 2.00 bits per heavy atom. The Balaban J connectivity index is 2.77. The maximum absolute atomic E-state index is 12.3. The fraction of sp³-hybridized carbons (Fsp3) is 0.533. The summed E-state index contributed by atoms with van der Waals surface area (Å²) in [7, 11) is 0. The second-order valence-electron chi connectivity index (χ2n) is 5.45. The molecule has 0 radical (unpaired) electrons. The average Bonchev–Trinajstić information content (AvgIpc) is 2.45. The molecule has 23 heavy (non-hydrogen) atoms.